The highest BCUT2D eigenvalue weighted by atomic mass is 35.5. The van der Waals surface area contributed by atoms with Crippen molar-refractivity contribution in [3.8, 4) is 0 Å². The molecule has 0 aliphatic heterocycles. The van der Waals surface area contributed by atoms with Crippen molar-refractivity contribution in [1.82, 2.24) is 4.57 Å². The Balaban J connectivity index is 2.07. The van der Waals surface area contributed by atoms with Gasteiger partial charge in [0.1, 0.15) is 10.6 Å². The van der Waals surface area contributed by atoms with Gasteiger partial charge in [0.15, 0.2) is 0 Å². The van der Waals surface area contributed by atoms with Crippen LogP contribution in [0.15, 0.2) is 47.3 Å². The van der Waals surface area contributed by atoms with Gasteiger partial charge in [-0.25, -0.2) is 0 Å². The summed E-state index contributed by atoms with van der Waals surface area (Å²) in [6.45, 7) is 10.2. The fourth-order valence-corrected chi connectivity index (χ4v) is 3.90. The van der Waals surface area contributed by atoms with Crippen LogP contribution in [0, 0.1) is 27.7 Å². The molecule has 5 heteroatoms. The second-order valence-corrected chi connectivity index (χ2v) is 8.06. The number of carbonyl (C=O) groups is 1. The summed E-state index contributed by atoms with van der Waals surface area (Å²) in [5.41, 5.74) is 5.90. The van der Waals surface area contributed by atoms with E-state index in [0.29, 0.717) is 17.9 Å². The molecule has 0 unspecified atom stereocenters. The van der Waals surface area contributed by atoms with Crippen LogP contribution >= 0.6 is 11.6 Å². The number of anilines is 1. The number of hydrogen-bond donors (Lipinski definition) is 1. The summed E-state index contributed by atoms with van der Waals surface area (Å²) in [5.74, 6) is -0.430. The zero-order chi connectivity index (χ0) is 22.0. The molecule has 2 aromatic carbocycles. The molecule has 0 saturated heterocycles. The number of halogens is 1. The third-order valence-electron chi connectivity index (χ3n) is 5.58. The highest BCUT2D eigenvalue weighted by Crippen LogP contribution is 2.23. The number of hydrogen-bond acceptors (Lipinski definition) is 2. The molecule has 1 aromatic heterocycles. The molecule has 0 fully saturated rings. The second-order valence-electron chi connectivity index (χ2n) is 7.68. The molecular formula is C25H27ClN2O2. The van der Waals surface area contributed by atoms with E-state index in [9.17, 15) is 9.59 Å². The van der Waals surface area contributed by atoms with E-state index in [4.69, 9.17) is 11.6 Å². The molecule has 0 atom stereocenters. The van der Waals surface area contributed by atoms with Crippen LogP contribution in [-0.2, 0) is 13.0 Å². The lowest BCUT2D eigenvalue weighted by Gasteiger charge is -2.20. The Morgan fingerprint density at radius 1 is 1.00 bits per heavy atom. The summed E-state index contributed by atoms with van der Waals surface area (Å²) in [6.07, 6.45) is 0.780. The largest absolute Gasteiger partial charge is 0.342 e. The van der Waals surface area contributed by atoms with Gasteiger partial charge in [0, 0.05) is 23.6 Å². The van der Waals surface area contributed by atoms with E-state index in [1.165, 1.54) is 5.56 Å². The number of nitrogens with one attached hydrogen (secondary N) is 1. The molecular weight excluding hydrogens is 396 g/mol. The Hall–Kier alpha value is -2.85. The maximum Gasteiger partial charge on any atom is 0.261 e. The molecule has 3 rings (SSSR count). The maximum absolute atomic E-state index is 13.2. The number of rotatable bonds is 5. The van der Waals surface area contributed by atoms with E-state index >= 15 is 0 Å². The smallest absolute Gasteiger partial charge is 0.261 e. The van der Waals surface area contributed by atoms with Gasteiger partial charge in [-0.2, -0.15) is 0 Å². The standard InChI is InChI=1S/C25H27ClN2O2/c1-6-20-9-7-8-16(3)23(20)27-25(30)21-17(4)28(18(5)22(26)24(21)29)14-19-12-10-15(2)11-13-19/h7-13H,6,14H2,1-5H3,(H,27,30). The average molecular weight is 423 g/mol. The predicted octanol–water partition coefficient (Wildman–Crippen LogP) is 5.60. The number of benzene rings is 2. The highest BCUT2D eigenvalue weighted by molar-refractivity contribution is 6.31. The summed E-state index contributed by atoms with van der Waals surface area (Å²) < 4.78 is 1.93. The van der Waals surface area contributed by atoms with Crippen molar-refractivity contribution >= 4 is 23.2 Å². The fourth-order valence-electron chi connectivity index (χ4n) is 3.70. The Morgan fingerprint density at radius 2 is 1.67 bits per heavy atom. The molecule has 1 heterocycles. The van der Waals surface area contributed by atoms with Crippen LogP contribution < -0.4 is 10.7 Å². The number of pyridine rings is 1. The lowest BCUT2D eigenvalue weighted by atomic mass is 10.0. The van der Waals surface area contributed by atoms with Crippen molar-refractivity contribution < 1.29 is 4.79 Å². The normalized spacial score (nSPS) is 10.9. The van der Waals surface area contributed by atoms with Gasteiger partial charge in [0.2, 0.25) is 5.43 Å². The zero-order valence-corrected chi connectivity index (χ0v) is 18.9. The Labute approximate surface area is 182 Å². The molecule has 0 aliphatic rings. The number of amides is 1. The van der Waals surface area contributed by atoms with E-state index < -0.39 is 11.3 Å². The van der Waals surface area contributed by atoms with Crippen molar-refractivity contribution in [3.05, 3.63) is 96.9 Å². The minimum absolute atomic E-state index is 0.0818. The van der Waals surface area contributed by atoms with E-state index in [0.717, 1.165) is 28.8 Å². The van der Waals surface area contributed by atoms with Gasteiger partial charge in [-0.3, -0.25) is 9.59 Å². The van der Waals surface area contributed by atoms with E-state index in [1.54, 1.807) is 6.92 Å². The minimum atomic E-state index is -0.434. The topological polar surface area (TPSA) is 51.1 Å². The first-order chi connectivity index (χ1) is 14.2. The SMILES string of the molecule is CCc1cccc(C)c1NC(=O)c1c(C)n(Cc2ccc(C)cc2)c(C)c(Cl)c1=O. The van der Waals surface area contributed by atoms with Crippen LogP contribution in [0.4, 0.5) is 5.69 Å². The molecule has 0 bridgehead atoms. The van der Waals surface area contributed by atoms with E-state index in [1.807, 2.05) is 74.7 Å². The van der Waals surface area contributed by atoms with Crippen molar-refractivity contribution in [1.29, 1.82) is 0 Å². The second kappa shape index (κ2) is 8.88. The Kier molecular flexibility index (Phi) is 6.47. The van der Waals surface area contributed by atoms with Gasteiger partial charge in [-0.15, -0.1) is 0 Å². The first-order valence-electron chi connectivity index (χ1n) is 10.1. The number of aromatic nitrogens is 1. The van der Waals surface area contributed by atoms with E-state index in [2.05, 4.69) is 5.32 Å². The predicted molar refractivity (Wildman–Crippen MR) is 124 cm³/mol. The van der Waals surface area contributed by atoms with Crippen LogP contribution in [0.5, 0.6) is 0 Å². The molecule has 1 amide bonds. The summed E-state index contributed by atoms with van der Waals surface area (Å²) in [5, 5.41) is 3.04. The summed E-state index contributed by atoms with van der Waals surface area (Å²) in [6, 6.07) is 14.1. The quantitative estimate of drug-likeness (QED) is 0.581. The van der Waals surface area contributed by atoms with E-state index in [-0.39, 0.29) is 10.6 Å². The summed E-state index contributed by atoms with van der Waals surface area (Å²) >= 11 is 6.37. The molecule has 0 saturated carbocycles. The monoisotopic (exact) mass is 422 g/mol. The zero-order valence-electron chi connectivity index (χ0n) is 18.1. The van der Waals surface area contributed by atoms with Gasteiger partial charge in [0.25, 0.3) is 5.91 Å². The Morgan fingerprint density at radius 3 is 2.30 bits per heavy atom. The number of aryl methyl sites for hydroxylation is 3. The molecule has 156 valence electrons. The van der Waals surface area contributed by atoms with Crippen molar-refractivity contribution in [2.75, 3.05) is 5.32 Å². The first-order valence-corrected chi connectivity index (χ1v) is 10.5. The van der Waals surface area contributed by atoms with Crippen molar-refractivity contribution in [3.63, 3.8) is 0 Å². The van der Waals surface area contributed by atoms with Crippen LogP contribution in [0.25, 0.3) is 0 Å². The van der Waals surface area contributed by atoms with Crippen LogP contribution in [0.3, 0.4) is 0 Å². The number of para-hydroxylation sites is 1. The molecule has 1 N–H and O–H groups in total. The molecule has 0 spiro atoms. The molecule has 4 nitrogen and oxygen atoms in total. The number of carbonyl (C=O) groups excluding carboxylic acids is 1. The third kappa shape index (κ3) is 4.19. The maximum atomic E-state index is 13.2. The highest BCUT2D eigenvalue weighted by Gasteiger charge is 2.22. The van der Waals surface area contributed by atoms with Gasteiger partial charge in [-0.1, -0.05) is 66.6 Å². The van der Waals surface area contributed by atoms with Gasteiger partial charge < -0.3 is 9.88 Å². The van der Waals surface area contributed by atoms with Gasteiger partial charge in [-0.05, 0) is 50.8 Å². The van der Waals surface area contributed by atoms with Crippen LogP contribution in [-0.4, -0.2) is 10.5 Å². The summed E-state index contributed by atoms with van der Waals surface area (Å²) in [7, 11) is 0. The first kappa shape index (κ1) is 21.8. The Bertz CT molecular complexity index is 1160. The minimum Gasteiger partial charge on any atom is -0.342 e. The molecule has 30 heavy (non-hydrogen) atoms. The van der Waals surface area contributed by atoms with Gasteiger partial charge >= 0.3 is 0 Å². The lowest BCUT2D eigenvalue weighted by Crippen LogP contribution is -2.29. The van der Waals surface area contributed by atoms with Crippen LogP contribution in [0.2, 0.25) is 5.02 Å². The average Bonchev–Trinajstić information content (AvgIpc) is 2.72. The third-order valence-corrected chi connectivity index (χ3v) is 6.03. The molecule has 0 aliphatic carbocycles. The lowest BCUT2D eigenvalue weighted by molar-refractivity contribution is 0.102. The van der Waals surface area contributed by atoms with Crippen molar-refractivity contribution in [2.45, 2.75) is 47.6 Å². The molecule has 0 radical (unpaired) electrons. The molecule has 3 aromatic rings. The van der Waals surface area contributed by atoms with Crippen LogP contribution in [0.1, 0.15) is 50.9 Å². The van der Waals surface area contributed by atoms with Crippen molar-refractivity contribution in [2.24, 2.45) is 0 Å². The fraction of sp³-hybridized carbons (Fsp3) is 0.280. The number of nitrogens with zero attached hydrogens (tertiary/aromatic N) is 1. The summed E-state index contributed by atoms with van der Waals surface area (Å²) in [4.78, 5) is 26.1. The van der Waals surface area contributed by atoms with Gasteiger partial charge in [0.05, 0.1) is 0 Å².